The van der Waals surface area contributed by atoms with Gasteiger partial charge in [0.15, 0.2) is 0 Å². The number of hydrogen-bond acceptors (Lipinski definition) is 4. The van der Waals surface area contributed by atoms with E-state index in [9.17, 15) is 4.79 Å². The number of para-hydroxylation sites is 1. The number of hydrogen-bond donors (Lipinski definition) is 1. The number of nitrogens with zero attached hydrogens (tertiary/aromatic N) is 3. The smallest absolute Gasteiger partial charge is 0.228 e. The molecule has 0 unspecified atom stereocenters. The zero-order chi connectivity index (χ0) is 18.6. The molecule has 5 nitrogen and oxygen atoms in total. The highest BCUT2D eigenvalue weighted by atomic mass is 32.1. The molecular weight excluding hydrogens is 356 g/mol. The highest BCUT2D eigenvalue weighted by molar-refractivity contribution is 7.09. The van der Waals surface area contributed by atoms with Crippen molar-refractivity contribution in [3.8, 4) is 16.9 Å². The summed E-state index contributed by atoms with van der Waals surface area (Å²) in [4.78, 5) is 16.8. The maximum absolute atomic E-state index is 12.3. The van der Waals surface area contributed by atoms with Crippen molar-refractivity contribution in [2.24, 2.45) is 0 Å². The van der Waals surface area contributed by atoms with Gasteiger partial charge >= 0.3 is 0 Å². The lowest BCUT2D eigenvalue weighted by Gasteiger charge is -2.05. The maximum Gasteiger partial charge on any atom is 0.228 e. The molecule has 0 radical (unpaired) electrons. The van der Waals surface area contributed by atoms with E-state index >= 15 is 0 Å². The van der Waals surface area contributed by atoms with Crippen LogP contribution >= 0.6 is 11.3 Å². The molecule has 4 rings (SSSR count). The van der Waals surface area contributed by atoms with Gasteiger partial charge in [0.2, 0.25) is 5.91 Å². The molecule has 2 heterocycles. The molecule has 134 valence electrons. The highest BCUT2D eigenvalue weighted by Crippen LogP contribution is 2.23. The fourth-order valence-corrected chi connectivity index (χ4v) is 3.41. The van der Waals surface area contributed by atoms with Gasteiger partial charge in [0, 0.05) is 22.8 Å². The van der Waals surface area contributed by atoms with Crippen molar-refractivity contribution in [3.05, 3.63) is 82.9 Å². The van der Waals surface area contributed by atoms with Crippen LogP contribution < -0.4 is 5.32 Å². The van der Waals surface area contributed by atoms with Gasteiger partial charge in [0.1, 0.15) is 0 Å². The summed E-state index contributed by atoms with van der Waals surface area (Å²) in [6, 6.07) is 17.6. The molecular formula is C21H18N4OS. The third kappa shape index (κ3) is 4.12. The third-order valence-corrected chi connectivity index (χ3v) is 4.88. The molecule has 0 fully saturated rings. The zero-order valence-electron chi connectivity index (χ0n) is 14.8. The average Bonchev–Trinajstić information content (AvgIpc) is 3.32. The molecule has 27 heavy (non-hydrogen) atoms. The predicted octanol–water partition coefficient (Wildman–Crippen LogP) is 4.49. The average molecular weight is 374 g/mol. The van der Waals surface area contributed by atoms with Crippen LogP contribution in [-0.2, 0) is 11.2 Å². The van der Waals surface area contributed by atoms with Crippen LogP contribution in [-0.4, -0.2) is 20.7 Å². The van der Waals surface area contributed by atoms with Crippen LogP contribution in [0.2, 0.25) is 0 Å². The van der Waals surface area contributed by atoms with Gasteiger partial charge in [-0.2, -0.15) is 5.10 Å². The molecule has 2 aromatic carbocycles. The largest absolute Gasteiger partial charge is 0.326 e. The SMILES string of the molecule is Cc1nc(-c2ccc(NC(=O)Cc3cnn(-c4ccccc4)c3)cc2)cs1. The van der Waals surface area contributed by atoms with Gasteiger partial charge in [0.05, 0.1) is 29.0 Å². The summed E-state index contributed by atoms with van der Waals surface area (Å²) < 4.78 is 1.77. The second kappa shape index (κ2) is 7.55. The molecule has 4 aromatic rings. The Morgan fingerprint density at radius 1 is 1.11 bits per heavy atom. The van der Waals surface area contributed by atoms with Gasteiger partial charge in [-0.05, 0) is 36.8 Å². The number of amides is 1. The second-order valence-corrected chi connectivity index (χ2v) is 7.24. The van der Waals surface area contributed by atoms with Crippen molar-refractivity contribution in [3.63, 3.8) is 0 Å². The van der Waals surface area contributed by atoms with Crippen molar-refractivity contribution in [1.82, 2.24) is 14.8 Å². The monoisotopic (exact) mass is 374 g/mol. The Morgan fingerprint density at radius 3 is 2.59 bits per heavy atom. The summed E-state index contributed by atoms with van der Waals surface area (Å²) in [6.07, 6.45) is 3.88. The van der Waals surface area contributed by atoms with Crippen molar-refractivity contribution in [2.45, 2.75) is 13.3 Å². The van der Waals surface area contributed by atoms with E-state index in [0.717, 1.165) is 33.2 Å². The molecule has 1 amide bonds. The Labute approximate surface area is 161 Å². The Bertz CT molecular complexity index is 1050. The molecule has 6 heteroatoms. The fraction of sp³-hybridized carbons (Fsp3) is 0.0952. The number of carbonyl (C=O) groups is 1. The number of carbonyl (C=O) groups excluding carboxylic acids is 1. The van der Waals surface area contributed by atoms with Crippen LogP contribution in [0.25, 0.3) is 16.9 Å². The lowest BCUT2D eigenvalue weighted by atomic mass is 10.1. The molecule has 0 aliphatic rings. The minimum Gasteiger partial charge on any atom is -0.326 e. The van der Waals surface area contributed by atoms with E-state index in [4.69, 9.17) is 0 Å². The number of benzene rings is 2. The summed E-state index contributed by atoms with van der Waals surface area (Å²) >= 11 is 1.63. The second-order valence-electron chi connectivity index (χ2n) is 6.18. The number of rotatable bonds is 5. The van der Waals surface area contributed by atoms with Crippen LogP contribution in [0.4, 0.5) is 5.69 Å². The molecule has 0 bridgehead atoms. The number of thiazole rings is 1. The lowest BCUT2D eigenvalue weighted by Crippen LogP contribution is -2.13. The molecule has 0 atom stereocenters. The van der Waals surface area contributed by atoms with E-state index in [0.29, 0.717) is 0 Å². The molecule has 0 saturated heterocycles. The Hall–Kier alpha value is -3.25. The standard InChI is InChI=1S/C21H18N4OS/c1-15-23-20(14-27-15)17-7-9-18(10-8-17)24-21(26)11-16-12-22-25(13-16)19-5-3-2-4-6-19/h2-10,12-14H,11H2,1H3,(H,24,26). The van der Waals surface area contributed by atoms with Crippen molar-refractivity contribution < 1.29 is 4.79 Å². The van der Waals surface area contributed by atoms with Crippen LogP contribution in [0.3, 0.4) is 0 Å². The summed E-state index contributed by atoms with van der Waals surface area (Å²) in [7, 11) is 0. The first-order valence-corrected chi connectivity index (χ1v) is 9.47. The van der Waals surface area contributed by atoms with E-state index in [1.807, 2.05) is 73.1 Å². The first kappa shape index (κ1) is 17.2. The summed E-state index contributed by atoms with van der Waals surface area (Å²) in [5, 5.41) is 10.3. The summed E-state index contributed by atoms with van der Waals surface area (Å²) in [5.41, 5.74) is 4.61. The van der Waals surface area contributed by atoms with E-state index in [1.165, 1.54) is 0 Å². The quantitative estimate of drug-likeness (QED) is 0.560. The normalized spacial score (nSPS) is 10.7. The van der Waals surface area contributed by atoms with E-state index in [-0.39, 0.29) is 12.3 Å². The molecule has 0 aliphatic carbocycles. The topological polar surface area (TPSA) is 59.8 Å². The fourth-order valence-electron chi connectivity index (χ4n) is 2.78. The van der Waals surface area contributed by atoms with Gasteiger partial charge in [-0.15, -0.1) is 11.3 Å². The van der Waals surface area contributed by atoms with Gasteiger partial charge < -0.3 is 5.32 Å². The molecule has 1 N–H and O–H groups in total. The Kier molecular flexibility index (Phi) is 4.80. The Morgan fingerprint density at radius 2 is 1.89 bits per heavy atom. The zero-order valence-corrected chi connectivity index (χ0v) is 15.6. The maximum atomic E-state index is 12.3. The van der Waals surface area contributed by atoms with Gasteiger partial charge in [0.25, 0.3) is 0 Å². The van der Waals surface area contributed by atoms with Crippen molar-refractivity contribution in [2.75, 3.05) is 5.32 Å². The van der Waals surface area contributed by atoms with Crippen LogP contribution in [0.5, 0.6) is 0 Å². The first-order chi connectivity index (χ1) is 13.2. The van der Waals surface area contributed by atoms with Gasteiger partial charge in [-0.1, -0.05) is 30.3 Å². The predicted molar refractivity (Wildman–Crippen MR) is 108 cm³/mol. The third-order valence-electron chi connectivity index (χ3n) is 4.10. The molecule has 2 aromatic heterocycles. The van der Waals surface area contributed by atoms with Gasteiger partial charge in [-0.3, -0.25) is 4.79 Å². The number of aryl methyl sites for hydroxylation is 1. The minimum absolute atomic E-state index is 0.0696. The molecule has 0 saturated carbocycles. The van der Waals surface area contributed by atoms with Crippen LogP contribution in [0, 0.1) is 6.92 Å². The molecule has 0 aliphatic heterocycles. The number of nitrogens with one attached hydrogen (secondary N) is 1. The summed E-state index contributed by atoms with van der Waals surface area (Å²) in [6.45, 7) is 1.99. The first-order valence-electron chi connectivity index (χ1n) is 8.59. The van der Waals surface area contributed by atoms with E-state index in [2.05, 4.69) is 15.4 Å². The van der Waals surface area contributed by atoms with E-state index < -0.39 is 0 Å². The van der Waals surface area contributed by atoms with Crippen LogP contribution in [0.1, 0.15) is 10.6 Å². The number of aromatic nitrogens is 3. The van der Waals surface area contributed by atoms with Gasteiger partial charge in [-0.25, -0.2) is 9.67 Å². The summed E-state index contributed by atoms with van der Waals surface area (Å²) in [5.74, 6) is -0.0696. The van der Waals surface area contributed by atoms with E-state index in [1.54, 1.807) is 22.2 Å². The lowest BCUT2D eigenvalue weighted by molar-refractivity contribution is -0.115. The van der Waals surface area contributed by atoms with Crippen molar-refractivity contribution in [1.29, 1.82) is 0 Å². The Balaban J connectivity index is 1.39. The number of anilines is 1. The van der Waals surface area contributed by atoms with Crippen LogP contribution in [0.15, 0.2) is 72.4 Å². The van der Waals surface area contributed by atoms with Crippen molar-refractivity contribution >= 4 is 22.9 Å². The molecule has 0 spiro atoms. The highest BCUT2D eigenvalue weighted by Gasteiger charge is 2.08. The minimum atomic E-state index is -0.0696.